The molecule has 0 aliphatic carbocycles. The molecule has 8 nitrogen and oxygen atoms in total. The van der Waals surface area contributed by atoms with Crippen molar-refractivity contribution in [2.45, 2.75) is 42.8 Å². The highest BCUT2D eigenvalue weighted by Crippen LogP contribution is 2.30. The lowest BCUT2D eigenvalue weighted by Crippen LogP contribution is -2.61. The minimum absolute atomic E-state index is 0.119. The molecular formula is C17H23F3O8S. The lowest BCUT2D eigenvalue weighted by molar-refractivity contribution is -0.314. The molecule has 1 aliphatic rings. The van der Waals surface area contributed by atoms with Gasteiger partial charge >= 0.3 is 15.6 Å². The second kappa shape index (κ2) is 10.2. The minimum atomic E-state index is -5.79. The quantitative estimate of drug-likeness (QED) is 0.421. The Hall–Kier alpha value is -1.28. The van der Waals surface area contributed by atoms with Gasteiger partial charge < -0.3 is 23.7 Å². The van der Waals surface area contributed by atoms with Crippen molar-refractivity contribution >= 4 is 10.1 Å². The first-order valence-corrected chi connectivity index (χ1v) is 9.90. The Bertz CT molecular complexity index is 728. The second-order valence-electron chi connectivity index (χ2n) is 6.12. The van der Waals surface area contributed by atoms with Crippen LogP contribution in [0.1, 0.15) is 5.56 Å². The lowest BCUT2D eigenvalue weighted by atomic mass is 9.98. The molecular weight excluding hydrogens is 421 g/mol. The number of halogens is 3. The Morgan fingerprint density at radius 3 is 2.07 bits per heavy atom. The number of alkyl halides is 3. The molecule has 0 saturated carbocycles. The van der Waals surface area contributed by atoms with E-state index in [-0.39, 0.29) is 6.61 Å². The number of rotatable bonds is 9. The van der Waals surface area contributed by atoms with Gasteiger partial charge in [-0.2, -0.15) is 21.6 Å². The molecule has 0 unspecified atom stereocenters. The summed E-state index contributed by atoms with van der Waals surface area (Å²) in [6.45, 7) is -0.824. The molecule has 1 fully saturated rings. The molecule has 12 heteroatoms. The Kier molecular flexibility index (Phi) is 8.40. The van der Waals surface area contributed by atoms with Crippen LogP contribution < -0.4 is 0 Å². The topological polar surface area (TPSA) is 89.5 Å². The number of methoxy groups -OCH3 is 3. The highest BCUT2D eigenvalue weighted by Gasteiger charge is 2.51. The highest BCUT2D eigenvalue weighted by molar-refractivity contribution is 7.87. The normalized spacial score (nSPS) is 28.4. The third-order valence-corrected chi connectivity index (χ3v) is 5.35. The van der Waals surface area contributed by atoms with Crippen molar-refractivity contribution in [2.75, 3.05) is 27.9 Å². The van der Waals surface area contributed by atoms with Crippen LogP contribution in [0.15, 0.2) is 30.3 Å². The zero-order valence-electron chi connectivity index (χ0n) is 16.0. The van der Waals surface area contributed by atoms with Crippen molar-refractivity contribution in [1.29, 1.82) is 0 Å². The smallest absolute Gasteiger partial charge is 0.376 e. The van der Waals surface area contributed by atoms with Crippen molar-refractivity contribution in [3.63, 3.8) is 0 Å². The van der Waals surface area contributed by atoms with Gasteiger partial charge in [0.15, 0.2) is 6.29 Å². The van der Waals surface area contributed by atoms with E-state index in [1.165, 1.54) is 21.3 Å². The van der Waals surface area contributed by atoms with Gasteiger partial charge in [-0.1, -0.05) is 30.3 Å². The second-order valence-corrected chi connectivity index (χ2v) is 7.73. The molecule has 0 aromatic heterocycles. The van der Waals surface area contributed by atoms with Crippen molar-refractivity contribution in [3.05, 3.63) is 35.9 Å². The van der Waals surface area contributed by atoms with Crippen LogP contribution in [-0.4, -0.2) is 72.6 Å². The average molecular weight is 444 g/mol. The zero-order valence-corrected chi connectivity index (χ0v) is 16.8. The molecule has 0 N–H and O–H groups in total. The fraction of sp³-hybridized carbons (Fsp3) is 0.647. The van der Waals surface area contributed by atoms with Crippen molar-refractivity contribution < 1.29 is 49.5 Å². The maximum atomic E-state index is 12.6. The minimum Gasteiger partial charge on any atom is -0.376 e. The van der Waals surface area contributed by atoms with E-state index in [1.54, 1.807) is 0 Å². The molecule has 166 valence electrons. The fourth-order valence-corrected chi connectivity index (χ4v) is 3.37. The van der Waals surface area contributed by atoms with Gasteiger partial charge in [0.1, 0.15) is 24.4 Å². The summed E-state index contributed by atoms with van der Waals surface area (Å²) in [7, 11) is -1.77. The van der Waals surface area contributed by atoms with E-state index >= 15 is 0 Å². The van der Waals surface area contributed by atoms with Crippen LogP contribution in [0.5, 0.6) is 0 Å². The summed E-state index contributed by atoms with van der Waals surface area (Å²) in [4.78, 5) is 0. The predicted molar refractivity (Wildman–Crippen MR) is 93.2 cm³/mol. The maximum absolute atomic E-state index is 12.6. The predicted octanol–water partition coefficient (Wildman–Crippen LogP) is 1.84. The first-order valence-electron chi connectivity index (χ1n) is 8.49. The fourth-order valence-electron chi connectivity index (χ4n) is 2.92. The van der Waals surface area contributed by atoms with Gasteiger partial charge in [-0.25, -0.2) is 0 Å². The molecule has 29 heavy (non-hydrogen) atoms. The Balaban J connectivity index is 2.16. The Morgan fingerprint density at radius 2 is 1.55 bits per heavy atom. The van der Waals surface area contributed by atoms with Crippen LogP contribution in [0.3, 0.4) is 0 Å². The van der Waals surface area contributed by atoms with Crippen LogP contribution in [0.25, 0.3) is 0 Å². The molecule has 1 aromatic carbocycles. The van der Waals surface area contributed by atoms with Gasteiger partial charge in [-0.3, -0.25) is 4.18 Å². The van der Waals surface area contributed by atoms with Gasteiger partial charge in [-0.15, -0.1) is 0 Å². The van der Waals surface area contributed by atoms with E-state index < -0.39 is 52.9 Å². The van der Waals surface area contributed by atoms with E-state index in [0.29, 0.717) is 0 Å². The summed E-state index contributed by atoms with van der Waals surface area (Å²) in [6.07, 6.45) is -4.87. The zero-order chi connectivity index (χ0) is 21.7. The third-order valence-electron chi connectivity index (χ3n) is 4.34. The summed E-state index contributed by atoms with van der Waals surface area (Å²) >= 11 is 0. The van der Waals surface area contributed by atoms with E-state index in [0.717, 1.165) is 5.56 Å². The SMILES string of the molecule is CO[C@@H]1[C@@H](OC)[C@H](OCc2ccccc2)O[C@H](COS(=O)(=O)C(F)(F)F)[C@H]1OC. The van der Waals surface area contributed by atoms with Crippen LogP contribution in [0.2, 0.25) is 0 Å². The Labute approximate surface area is 166 Å². The highest BCUT2D eigenvalue weighted by atomic mass is 32.2. The molecule has 0 radical (unpaired) electrons. The summed E-state index contributed by atoms with van der Waals surface area (Å²) < 4.78 is 91.6. The van der Waals surface area contributed by atoms with Crippen molar-refractivity contribution in [3.8, 4) is 0 Å². The molecule has 2 rings (SSSR count). The number of hydrogen-bond acceptors (Lipinski definition) is 8. The van der Waals surface area contributed by atoms with E-state index in [4.69, 9.17) is 23.7 Å². The number of hydrogen-bond donors (Lipinski definition) is 0. The monoisotopic (exact) mass is 444 g/mol. The standard InChI is InChI=1S/C17H23F3O8S/c1-23-13-12(10-27-29(21,22)17(18,19)20)28-16(15(25-3)14(13)24-2)26-9-11-7-5-4-6-8-11/h4-8,12-16H,9-10H2,1-3H3/t12-,13-,14+,15-,16-/m1/s1. The first kappa shape index (κ1) is 24.0. The summed E-state index contributed by atoms with van der Waals surface area (Å²) in [6, 6.07) is 9.08. The lowest BCUT2D eigenvalue weighted by Gasteiger charge is -2.44. The first-order chi connectivity index (χ1) is 13.6. The molecule has 5 atom stereocenters. The van der Waals surface area contributed by atoms with Gasteiger partial charge in [-0.05, 0) is 5.56 Å². The number of benzene rings is 1. The molecule has 1 aromatic rings. The number of ether oxygens (including phenoxy) is 5. The molecule has 0 bridgehead atoms. The van der Waals surface area contributed by atoms with Gasteiger partial charge in [0.05, 0.1) is 13.2 Å². The molecule has 1 aliphatic heterocycles. The summed E-state index contributed by atoms with van der Waals surface area (Å²) in [5.74, 6) is 0. The maximum Gasteiger partial charge on any atom is 0.523 e. The van der Waals surface area contributed by atoms with E-state index in [2.05, 4.69) is 4.18 Å². The summed E-state index contributed by atoms with van der Waals surface area (Å²) in [5.41, 5.74) is -4.73. The van der Waals surface area contributed by atoms with E-state index in [1.807, 2.05) is 30.3 Å². The van der Waals surface area contributed by atoms with Crippen molar-refractivity contribution in [1.82, 2.24) is 0 Å². The van der Waals surface area contributed by atoms with Gasteiger partial charge in [0, 0.05) is 21.3 Å². The van der Waals surface area contributed by atoms with Crippen LogP contribution >= 0.6 is 0 Å². The molecule has 0 amide bonds. The van der Waals surface area contributed by atoms with Crippen LogP contribution in [0, 0.1) is 0 Å². The summed E-state index contributed by atoms with van der Waals surface area (Å²) in [5, 5.41) is 0. The molecule has 0 spiro atoms. The largest absolute Gasteiger partial charge is 0.523 e. The van der Waals surface area contributed by atoms with E-state index in [9.17, 15) is 21.6 Å². The third kappa shape index (κ3) is 5.87. The molecule has 1 saturated heterocycles. The van der Waals surface area contributed by atoms with Gasteiger partial charge in [0.25, 0.3) is 0 Å². The van der Waals surface area contributed by atoms with Crippen LogP contribution in [0.4, 0.5) is 13.2 Å². The Morgan fingerprint density at radius 1 is 0.966 bits per heavy atom. The van der Waals surface area contributed by atoms with Gasteiger partial charge in [0.2, 0.25) is 0 Å². The average Bonchev–Trinajstić information content (AvgIpc) is 2.69. The van der Waals surface area contributed by atoms with Crippen LogP contribution in [-0.2, 0) is 44.6 Å². The molecule has 1 heterocycles. The van der Waals surface area contributed by atoms with Crippen molar-refractivity contribution in [2.24, 2.45) is 0 Å².